The van der Waals surface area contributed by atoms with E-state index in [0.717, 1.165) is 6.42 Å². The second kappa shape index (κ2) is 8.51. The van der Waals surface area contributed by atoms with Crippen LogP contribution in [0.5, 0.6) is 0 Å². The number of hydrogen-bond acceptors (Lipinski definition) is 3. The summed E-state index contributed by atoms with van der Waals surface area (Å²) in [6.07, 6.45) is 4.34. The first-order valence-corrected chi connectivity index (χ1v) is 9.42. The van der Waals surface area contributed by atoms with E-state index in [1.165, 1.54) is 5.57 Å². The zero-order valence-corrected chi connectivity index (χ0v) is 16.0. The maximum Gasteiger partial charge on any atom is 0.223 e. The normalized spacial score (nSPS) is 27.0. The minimum absolute atomic E-state index is 0.0847. The molecular weight excluding hydrogens is 314 g/mol. The SMILES string of the molecule is CC(=O)N1CCN(C(=O)C[C@@H]2C[C@@H](C(C)C)[C@H](CC#N)C=C2C)CC1. The standard InChI is InChI=1S/C20H31N3O2/c1-14(2)19-12-18(15(3)11-17(19)5-6-21)13-20(25)23-9-7-22(8-10-23)16(4)24/h11,14,17-19H,5,7-10,12-13H2,1-4H3/t17-,18+,19+/m1/s1. The van der Waals surface area contributed by atoms with Crippen LogP contribution in [0, 0.1) is 35.0 Å². The van der Waals surface area contributed by atoms with Gasteiger partial charge in [0.05, 0.1) is 6.07 Å². The van der Waals surface area contributed by atoms with E-state index in [1.54, 1.807) is 11.8 Å². The van der Waals surface area contributed by atoms with E-state index in [2.05, 4.69) is 32.9 Å². The van der Waals surface area contributed by atoms with Crippen LogP contribution < -0.4 is 0 Å². The number of allylic oxidation sites excluding steroid dienone is 2. The molecule has 0 saturated carbocycles. The summed E-state index contributed by atoms with van der Waals surface area (Å²) in [4.78, 5) is 27.8. The molecule has 0 bridgehead atoms. The van der Waals surface area contributed by atoms with E-state index in [0.29, 0.717) is 56.8 Å². The van der Waals surface area contributed by atoms with Crippen LogP contribution in [-0.4, -0.2) is 47.8 Å². The number of nitrogens with zero attached hydrogens (tertiary/aromatic N) is 3. The van der Waals surface area contributed by atoms with Crippen LogP contribution in [0.25, 0.3) is 0 Å². The third kappa shape index (κ3) is 4.84. The molecule has 25 heavy (non-hydrogen) atoms. The van der Waals surface area contributed by atoms with Crippen molar-refractivity contribution in [3.05, 3.63) is 11.6 Å². The smallest absolute Gasteiger partial charge is 0.223 e. The van der Waals surface area contributed by atoms with Gasteiger partial charge in [0.25, 0.3) is 0 Å². The minimum Gasteiger partial charge on any atom is -0.339 e. The predicted octanol–water partition coefficient (Wildman–Crippen LogP) is 2.84. The van der Waals surface area contributed by atoms with Crippen LogP contribution in [0.3, 0.4) is 0 Å². The van der Waals surface area contributed by atoms with Gasteiger partial charge in [-0.15, -0.1) is 0 Å². The van der Waals surface area contributed by atoms with Crippen molar-refractivity contribution < 1.29 is 9.59 Å². The van der Waals surface area contributed by atoms with Crippen molar-refractivity contribution in [2.75, 3.05) is 26.2 Å². The van der Waals surface area contributed by atoms with Crippen LogP contribution in [-0.2, 0) is 9.59 Å². The van der Waals surface area contributed by atoms with Crippen LogP contribution in [0.15, 0.2) is 11.6 Å². The van der Waals surface area contributed by atoms with Crippen molar-refractivity contribution in [2.24, 2.45) is 23.7 Å². The second-order valence-corrected chi connectivity index (χ2v) is 7.87. The Balaban J connectivity index is 1.97. The molecule has 1 aliphatic carbocycles. The van der Waals surface area contributed by atoms with Crippen molar-refractivity contribution in [3.63, 3.8) is 0 Å². The highest BCUT2D eigenvalue weighted by Gasteiger charge is 2.33. The summed E-state index contributed by atoms with van der Waals surface area (Å²) in [6, 6.07) is 2.31. The molecule has 5 nitrogen and oxygen atoms in total. The lowest BCUT2D eigenvalue weighted by Crippen LogP contribution is -2.50. The highest BCUT2D eigenvalue weighted by atomic mass is 16.2. The van der Waals surface area contributed by atoms with Gasteiger partial charge < -0.3 is 9.80 Å². The van der Waals surface area contributed by atoms with Gasteiger partial charge in [-0.3, -0.25) is 9.59 Å². The fraction of sp³-hybridized carbons (Fsp3) is 0.750. The van der Waals surface area contributed by atoms with Crippen LogP contribution >= 0.6 is 0 Å². The summed E-state index contributed by atoms with van der Waals surface area (Å²) in [7, 11) is 0. The van der Waals surface area contributed by atoms with Gasteiger partial charge in [0.1, 0.15) is 0 Å². The van der Waals surface area contributed by atoms with E-state index in [4.69, 9.17) is 5.26 Å². The molecule has 1 heterocycles. The molecule has 0 aromatic rings. The van der Waals surface area contributed by atoms with E-state index in [-0.39, 0.29) is 17.7 Å². The lowest BCUT2D eigenvalue weighted by Gasteiger charge is -2.38. The third-order valence-electron chi connectivity index (χ3n) is 5.91. The Labute approximate surface area is 151 Å². The molecule has 3 atom stereocenters. The first kappa shape index (κ1) is 19.5. The fourth-order valence-corrected chi connectivity index (χ4v) is 4.22. The molecule has 2 amide bonds. The number of piperazine rings is 1. The molecule has 138 valence electrons. The van der Waals surface area contributed by atoms with Crippen LogP contribution in [0.1, 0.15) is 47.0 Å². The van der Waals surface area contributed by atoms with Crippen molar-refractivity contribution >= 4 is 11.8 Å². The molecule has 2 rings (SSSR count). The van der Waals surface area contributed by atoms with Gasteiger partial charge in [-0.1, -0.05) is 25.5 Å². The zero-order valence-electron chi connectivity index (χ0n) is 16.0. The Morgan fingerprint density at radius 3 is 2.36 bits per heavy atom. The molecule has 0 radical (unpaired) electrons. The molecule has 0 spiro atoms. The molecule has 1 aliphatic heterocycles. The maximum absolute atomic E-state index is 12.7. The number of hydrogen-bond donors (Lipinski definition) is 0. The Kier molecular flexibility index (Phi) is 6.64. The second-order valence-electron chi connectivity index (χ2n) is 7.87. The summed E-state index contributed by atoms with van der Waals surface area (Å²) in [5, 5.41) is 9.08. The highest BCUT2D eigenvalue weighted by molar-refractivity contribution is 5.78. The molecule has 0 aromatic carbocycles. The summed E-state index contributed by atoms with van der Waals surface area (Å²) < 4.78 is 0. The fourth-order valence-electron chi connectivity index (χ4n) is 4.22. The zero-order chi connectivity index (χ0) is 18.6. The average Bonchev–Trinajstić information content (AvgIpc) is 2.57. The Morgan fingerprint density at radius 1 is 1.24 bits per heavy atom. The van der Waals surface area contributed by atoms with Crippen molar-refractivity contribution in [3.8, 4) is 6.07 Å². The van der Waals surface area contributed by atoms with E-state index >= 15 is 0 Å². The monoisotopic (exact) mass is 345 g/mol. The maximum atomic E-state index is 12.7. The molecule has 1 fully saturated rings. The summed E-state index contributed by atoms with van der Waals surface area (Å²) >= 11 is 0. The number of nitriles is 1. The first-order valence-electron chi connectivity index (χ1n) is 9.42. The molecule has 2 aliphatic rings. The molecule has 0 unspecified atom stereocenters. The molecule has 0 aromatic heterocycles. The minimum atomic E-state index is 0.0847. The first-order chi connectivity index (χ1) is 11.8. The number of carbonyl (C=O) groups excluding carboxylic acids is 2. The number of carbonyl (C=O) groups is 2. The van der Waals surface area contributed by atoms with Gasteiger partial charge in [-0.05, 0) is 37.0 Å². The van der Waals surface area contributed by atoms with Crippen molar-refractivity contribution in [1.29, 1.82) is 5.26 Å². The van der Waals surface area contributed by atoms with Gasteiger partial charge in [0.2, 0.25) is 11.8 Å². The lowest BCUT2D eigenvalue weighted by molar-refractivity contribution is -0.139. The summed E-state index contributed by atoms with van der Waals surface area (Å²) in [6.45, 7) is 10.7. The van der Waals surface area contributed by atoms with Gasteiger partial charge in [-0.2, -0.15) is 5.26 Å². The van der Waals surface area contributed by atoms with Gasteiger partial charge >= 0.3 is 0 Å². The molecule has 1 saturated heterocycles. The van der Waals surface area contributed by atoms with Gasteiger partial charge in [0.15, 0.2) is 0 Å². The Bertz CT molecular complexity index is 568. The highest BCUT2D eigenvalue weighted by Crippen LogP contribution is 2.40. The summed E-state index contributed by atoms with van der Waals surface area (Å²) in [5.74, 6) is 1.86. The molecule has 5 heteroatoms. The van der Waals surface area contributed by atoms with Crippen LogP contribution in [0.2, 0.25) is 0 Å². The predicted molar refractivity (Wildman–Crippen MR) is 97.4 cm³/mol. The molecular formula is C20H31N3O2. The lowest BCUT2D eigenvalue weighted by atomic mass is 9.69. The van der Waals surface area contributed by atoms with Crippen LogP contribution in [0.4, 0.5) is 0 Å². The van der Waals surface area contributed by atoms with E-state index in [1.807, 2.05) is 4.90 Å². The summed E-state index contributed by atoms with van der Waals surface area (Å²) in [5.41, 5.74) is 1.26. The largest absolute Gasteiger partial charge is 0.339 e. The topological polar surface area (TPSA) is 64.4 Å². The Hall–Kier alpha value is -1.83. The molecule has 0 N–H and O–H groups in total. The Morgan fingerprint density at radius 2 is 1.84 bits per heavy atom. The average molecular weight is 345 g/mol. The quantitative estimate of drug-likeness (QED) is 0.736. The van der Waals surface area contributed by atoms with E-state index < -0.39 is 0 Å². The van der Waals surface area contributed by atoms with E-state index in [9.17, 15) is 9.59 Å². The third-order valence-corrected chi connectivity index (χ3v) is 5.91. The van der Waals surface area contributed by atoms with Gasteiger partial charge in [-0.25, -0.2) is 0 Å². The van der Waals surface area contributed by atoms with Crippen molar-refractivity contribution in [2.45, 2.75) is 47.0 Å². The number of amides is 2. The number of rotatable bonds is 4. The van der Waals surface area contributed by atoms with Gasteiger partial charge in [0, 0.05) is 45.9 Å². The van der Waals surface area contributed by atoms with Crippen molar-refractivity contribution in [1.82, 2.24) is 9.80 Å².